The molecule has 0 radical (unpaired) electrons. The molecule has 1 unspecified atom stereocenters. The van der Waals surface area contributed by atoms with E-state index in [0.29, 0.717) is 37.3 Å². The van der Waals surface area contributed by atoms with Crippen LogP contribution in [-0.2, 0) is 24.1 Å². The van der Waals surface area contributed by atoms with Crippen LogP contribution in [0.25, 0.3) is 0 Å². The van der Waals surface area contributed by atoms with Crippen molar-refractivity contribution in [3.8, 4) is 12.3 Å². The van der Waals surface area contributed by atoms with E-state index in [0.717, 1.165) is 17.8 Å². The van der Waals surface area contributed by atoms with Crippen LogP contribution in [0.4, 0.5) is 0 Å². The standard InChI is InChI=1S/C21H25N3O3/c1-3-9-27-14-17(25)12-24-8-7-19-18(13-24)21(26)23-20(22-19)11-16-6-4-5-15(2)10-16/h1,4-6,10,17,25H,7-9,11-14H2,2H3,(H,22,23,26). The van der Waals surface area contributed by atoms with E-state index >= 15 is 0 Å². The molecule has 6 heteroatoms. The summed E-state index contributed by atoms with van der Waals surface area (Å²) in [6, 6.07) is 8.20. The quantitative estimate of drug-likeness (QED) is 0.565. The molecule has 1 aromatic carbocycles. The van der Waals surface area contributed by atoms with E-state index in [1.807, 2.05) is 30.0 Å². The molecular formula is C21H25N3O3. The molecule has 0 aliphatic carbocycles. The third kappa shape index (κ3) is 5.27. The number of fused-ring (bicyclic) bond motifs is 1. The van der Waals surface area contributed by atoms with Crippen LogP contribution in [0.15, 0.2) is 29.1 Å². The second-order valence-corrected chi connectivity index (χ2v) is 6.96. The van der Waals surface area contributed by atoms with E-state index in [1.165, 1.54) is 5.56 Å². The van der Waals surface area contributed by atoms with E-state index in [9.17, 15) is 9.90 Å². The summed E-state index contributed by atoms with van der Waals surface area (Å²) < 4.78 is 5.17. The number of β-amino-alcohol motifs (C(OH)–C–C–N with tert-alkyl or cyclic N) is 1. The number of aryl methyl sites for hydroxylation is 1. The van der Waals surface area contributed by atoms with Crippen LogP contribution in [-0.4, -0.2) is 52.4 Å². The van der Waals surface area contributed by atoms with Gasteiger partial charge in [-0.25, -0.2) is 4.98 Å². The van der Waals surface area contributed by atoms with Gasteiger partial charge in [0, 0.05) is 32.5 Å². The average molecular weight is 367 g/mol. The minimum Gasteiger partial charge on any atom is -0.389 e. The van der Waals surface area contributed by atoms with Gasteiger partial charge in [-0.2, -0.15) is 0 Å². The Morgan fingerprint density at radius 2 is 2.33 bits per heavy atom. The molecule has 3 rings (SSSR count). The molecule has 1 aliphatic rings. The molecule has 27 heavy (non-hydrogen) atoms. The number of aliphatic hydroxyl groups excluding tert-OH is 1. The number of benzene rings is 1. The van der Waals surface area contributed by atoms with Gasteiger partial charge in [-0.15, -0.1) is 6.42 Å². The topological polar surface area (TPSA) is 78.5 Å². The first kappa shape index (κ1) is 19.3. The number of hydrogen-bond donors (Lipinski definition) is 2. The third-order valence-electron chi connectivity index (χ3n) is 4.62. The van der Waals surface area contributed by atoms with Crippen LogP contribution >= 0.6 is 0 Å². The van der Waals surface area contributed by atoms with Gasteiger partial charge in [0.05, 0.1) is 24.0 Å². The van der Waals surface area contributed by atoms with Gasteiger partial charge in [-0.3, -0.25) is 9.69 Å². The van der Waals surface area contributed by atoms with Gasteiger partial charge in [0.25, 0.3) is 5.56 Å². The van der Waals surface area contributed by atoms with Crippen LogP contribution < -0.4 is 5.56 Å². The number of ether oxygens (including phenoxy) is 1. The number of H-pyrrole nitrogens is 1. The molecule has 0 bridgehead atoms. The lowest BCUT2D eigenvalue weighted by molar-refractivity contribution is 0.0248. The Labute approximate surface area is 159 Å². The van der Waals surface area contributed by atoms with Crippen molar-refractivity contribution in [1.29, 1.82) is 0 Å². The van der Waals surface area contributed by atoms with Crippen molar-refractivity contribution in [2.45, 2.75) is 32.4 Å². The van der Waals surface area contributed by atoms with Crippen molar-refractivity contribution in [1.82, 2.24) is 14.9 Å². The fourth-order valence-corrected chi connectivity index (χ4v) is 3.39. The molecule has 2 N–H and O–H groups in total. The predicted octanol–water partition coefficient (Wildman–Crippen LogP) is 1.04. The fraction of sp³-hybridized carbons (Fsp3) is 0.429. The highest BCUT2D eigenvalue weighted by Gasteiger charge is 2.23. The lowest BCUT2D eigenvalue weighted by Crippen LogP contribution is -2.41. The minimum absolute atomic E-state index is 0.0922. The smallest absolute Gasteiger partial charge is 0.255 e. The van der Waals surface area contributed by atoms with E-state index in [-0.39, 0.29) is 18.8 Å². The number of aromatic nitrogens is 2. The lowest BCUT2D eigenvalue weighted by Gasteiger charge is -2.29. The Bertz CT molecular complexity index is 885. The van der Waals surface area contributed by atoms with E-state index < -0.39 is 6.10 Å². The summed E-state index contributed by atoms with van der Waals surface area (Å²) in [5.74, 6) is 3.07. The first-order valence-electron chi connectivity index (χ1n) is 9.13. The van der Waals surface area contributed by atoms with Crippen LogP contribution in [0.1, 0.15) is 28.2 Å². The second kappa shape index (κ2) is 8.96. The van der Waals surface area contributed by atoms with Crippen LogP contribution in [0.3, 0.4) is 0 Å². The summed E-state index contributed by atoms with van der Waals surface area (Å²) in [5, 5.41) is 10.0. The van der Waals surface area contributed by atoms with Gasteiger partial charge in [-0.05, 0) is 12.5 Å². The van der Waals surface area contributed by atoms with Crippen molar-refractivity contribution in [2.24, 2.45) is 0 Å². The first-order chi connectivity index (χ1) is 13.0. The summed E-state index contributed by atoms with van der Waals surface area (Å²) in [7, 11) is 0. The zero-order valence-electron chi connectivity index (χ0n) is 15.6. The van der Waals surface area contributed by atoms with Crippen molar-refractivity contribution >= 4 is 0 Å². The lowest BCUT2D eigenvalue weighted by atomic mass is 10.1. The summed E-state index contributed by atoms with van der Waals surface area (Å²) >= 11 is 0. The number of terminal acetylenes is 1. The molecule has 2 aromatic rings. The molecule has 1 aliphatic heterocycles. The molecule has 0 saturated heterocycles. The molecule has 6 nitrogen and oxygen atoms in total. The molecule has 0 spiro atoms. The maximum absolute atomic E-state index is 12.6. The monoisotopic (exact) mass is 367 g/mol. The van der Waals surface area contributed by atoms with Crippen molar-refractivity contribution in [3.05, 3.63) is 62.8 Å². The third-order valence-corrected chi connectivity index (χ3v) is 4.62. The van der Waals surface area contributed by atoms with E-state index in [4.69, 9.17) is 11.2 Å². The first-order valence-corrected chi connectivity index (χ1v) is 9.13. The molecular weight excluding hydrogens is 342 g/mol. The van der Waals surface area contributed by atoms with Gasteiger partial charge in [0.2, 0.25) is 0 Å². The van der Waals surface area contributed by atoms with Gasteiger partial charge in [0.15, 0.2) is 0 Å². The number of aliphatic hydroxyl groups is 1. The zero-order chi connectivity index (χ0) is 19.2. The Kier molecular flexibility index (Phi) is 6.40. The molecule has 1 aromatic heterocycles. The van der Waals surface area contributed by atoms with Gasteiger partial charge >= 0.3 is 0 Å². The fourth-order valence-electron chi connectivity index (χ4n) is 3.39. The SMILES string of the molecule is C#CCOCC(O)CN1CCc2nc(Cc3cccc(C)c3)[nH]c(=O)c2C1. The van der Waals surface area contributed by atoms with Crippen molar-refractivity contribution in [2.75, 3.05) is 26.3 Å². The highest BCUT2D eigenvalue weighted by atomic mass is 16.5. The van der Waals surface area contributed by atoms with Crippen molar-refractivity contribution < 1.29 is 9.84 Å². The minimum atomic E-state index is -0.632. The zero-order valence-corrected chi connectivity index (χ0v) is 15.6. The molecule has 1 atom stereocenters. The van der Waals surface area contributed by atoms with Gasteiger partial charge in [-0.1, -0.05) is 35.7 Å². The Balaban J connectivity index is 1.66. The molecule has 2 heterocycles. The van der Waals surface area contributed by atoms with Crippen molar-refractivity contribution in [3.63, 3.8) is 0 Å². The Morgan fingerprint density at radius 1 is 1.48 bits per heavy atom. The van der Waals surface area contributed by atoms with E-state index in [1.54, 1.807) is 0 Å². The normalized spacial score (nSPS) is 15.1. The molecule has 0 amide bonds. The summed E-state index contributed by atoms with van der Waals surface area (Å²) in [6.45, 7) is 4.10. The Hall–Kier alpha value is -2.46. The molecule has 0 fully saturated rings. The summed E-state index contributed by atoms with van der Waals surface area (Å²) in [6.07, 6.45) is 5.80. The largest absolute Gasteiger partial charge is 0.389 e. The number of aromatic amines is 1. The van der Waals surface area contributed by atoms with Crippen LogP contribution in [0, 0.1) is 19.3 Å². The number of hydrogen-bond acceptors (Lipinski definition) is 5. The number of nitrogens with one attached hydrogen (secondary N) is 1. The number of nitrogens with zero attached hydrogens (tertiary/aromatic N) is 2. The van der Waals surface area contributed by atoms with Gasteiger partial charge < -0.3 is 14.8 Å². The van der Waals surface area contributed by atoms with Crippen LogP contribution in [0.2, 0.25) is 0 Å². The number of rotatable bonds is 7. The van der Waals surface area contributed by atoms with Crippen LogP contribution in [0.5, 0.6) is 0 Å². The Morgan fingerprint density at radius 3 is 3.11 bits per heavy atom. The average Bonchev–Trinajstić information content (AvgIpc) is 2.62. The van der Waals surface area contributed by atoms with Gasteiger partial charge in [0.1, 0.15) is 12.4 Å². The molecule has 0 saturated carbocycles. The predicted molar refractivity (Wildman–Crippen MR) is 103 cm³/mol. The molecule has 142 valence electrons. The maximum Gasteiger partial charge on any atom is 0.255 e. The highest BCUT2D eigenvalue weighted by molar-refractivity contribution is 5.27. The second-order valence-electron chi connectivity index (χ2n) is 6.96. The maximum atomic E-state index is 12.6. The highest BCUT2D eigenvalue weighted by Crippen LogP contribution is 2.15. The summed E-state index contributed by atoms with van der Waals surface area (Å²) in [4.78, 5) is 22.2. The van der Waals surface area contributed by atoms with E-state index in [2.05, 4.69) is 22.0 Å². The summed E-state index contributed by atoms with van der Waals surface area (Å²) in [5.41, 5.74) is 3.77.